The summed E-state index contributed by atoms with van der Waals surface area (Å²) in [4.78, 5) is 21.3. The molecule has 1 aliphatic carbocycles. The lowest BCUT2D eigenvalue weighted by Crippen LogP contribution is -2.29. The number of pyridine rings is 1. The summed E-state index contributed by atoms with van der Waals surface area (Å²) in [6.07, 6.45) is 5.98. The van der Waals surface area contributed by atoms with Gasteiger partial charge in [-0.2, -0.15) is 0 Å². The first-order chi connectivity index (χ1) is 12.7. The van der Waals surface area contributed by atoms with Gasteiger partial charge in [-0.3, -0.25) is 9.78 Å². The molecule has 1 amide bonds. The Bertz CT molecular complexity index is 934. The van der Waals surface area contributed by atoms with E-state index in [-0.39, 0.29) is 11.9 Å². The maximum Gasteiger partial charge on any atom is 0.251 e. The van der Waals surface area contributed by atoms with Gasteiger partial charge in [0.05, 0.1) is 11.0 Å². The van der Waals surface area contributed by atoms with Gasteiger partial charge in [-0.25, -0.2) is 4.98 Å². The molecule has 4 rings (SSSR count). The van der Waals surface area contributed by atoms with Crippen LogP contribution in [0.15, 0.2) is 42.6 Å². The molecule has 6 heteroatoms. The third-order valence-electron chi connectivity index (χ3n) is 5.12. The number of nitrogens with one attached hydrogen (secondary N) is 1. The first-order valence-electron chi connectivity index (χ1n) is 9.08. The molecule has 0 aliphatic heterocycles. The molecule has 1 aliphatic rings. The van der Waals surface area contributed by atoms with Crippen LogP contribution in [-0.4, -0.2) is 33.5 Å². The molecule has 2 heterocycles. The van der Waals surface area contributed by atoms with Crippen molar-refractivity contribution in [2.45, 2.75) is 37.8 Å². The fourth-order valence-electron chi connectivity index (χ4n) is 3.87. The molecule has 0 radical (unpaired) electrons. The number of rotatable bonds is 3. The zero-order valence-electron chi connectivity index (χ0n) is 14.9. The number of hydrogen-bond acceptors (Lipinski definition) is 4. The van der Waals surface area contributed by atoms with Crippen LogP contribution in [0, 0.1) is 0 Å². The summed E-state index contributed by atoms with van der Waals surface area (Å²) in [5, 5.41) is 2.67. The van der Waals surface area contributed by atoms with Crippen molar-refractivity contribution in [2.75, 3.05) is 7.05 Å². The predicted octanol–water partition coefficient (Wildman–Crippen LogP) is 2.90. The monoisotopic (exact) mass is 349 g/mol. The minimum Gasteiger partial charge on any atom is -0.355 e. The van der Waals surface area contributed by atoms with Crippen LogP contribution in [0.4, 0.5) is 0 Å². The number of amides is 1. The molecule has 1 saturated carbocycles. The molecule has 6 nitrogen and oxygen atoms in total. The quantitative estimate of drug-likeness (QED) is 0.761. The molecule has 0 spiro atoms. The zero-order valence-corrected chi connectivity index (χ0v) is 14.9. The highest BCUT2D eigenvalue weighted by Crippen LogP contribution is 2.35. The number of carbonyl (C=O) groups is 1. The number of imidazole rings is 1. The third kappa shape index (κ3) is 2.97. The van der Waals surface area contributed by atoms with E-state index in [9.17, 15) is 4.79 Å². The van der Waals surface area contributed by atoms with E-state index in [0.29, 0.717) is 11.6 Å². The Morgan fingerprint density at radius 1 is 1.27 bits per heavy atom. The van der Waals surface area contributed by atoms with Gasteiger partial charge in [-0.1, -0.05) is 6.07 Å². The SMILES string of the molecule is CNC(=O)c1ccc2c(c1)nc(-c1ccccn1)n2[C@H]1CCC[C@@H](N)C1. The van der Waals surface area contributed by atoms with Gasteiger partial charge in [0.25, 0.3) is 5.91 Å². The molecular weight excluding hydrogens is 326 g/mol. The molecule has 3 aromatic rings. The zero-order chi connectivity index (χ0) is 18.1. The van der Waals surface area contributed by atoms with Crippen LogP contribution in [0.5, 0.6) is 0 Å². The molecule has 3 N–H and O–H groups in total. The van der Waals surface area contributed by atoms with Crippen LogP contribution in [0.25, 0.3) is 22.6 Å². The molecule has 2 atom stereocenters. The van der Waals surface area contributed by atoms with E-state index in [1.54, 1.807) is 13.2 Å². The summed E-state index contributed by atoms with van der Waals surface area (Å²) in [6.45, 7) is 0. The summed E-state index contributed by atoms with van der Waals surface area (Å²) in [7, 11) is 1.63. The van der Waals surface area contributed by atoms with Crippen molar-refractivity contribution in [3.63, 3.8) is 0 Å². The van der Waals surface area contributed by atoms with Crippen LogP contribution >= 0.6 is 0 Å². The van der Waals surface area contributed by atoms with E-state index in [4.69, 9.17) is 10.7 Å². The smallest absolute Gasteiger partial charge is 0.251 e. The van der Waals surface area contributed by atoms with Gasteiger partial charge in [-0.15, -0.1) is 0 Å². The van der Waals surface area contributed by atoms with Crippen molar-refractivity contribution < 1.29 is 4.79 Å². The van der Waals surface area contributed by atoms with Crippen molar-refractivity contribution in [3.05, 3.63) is 48.2 Å². The van der Waals surface area contributed by atoms with Gasteiger partial charge in [0, 0.05) is 30.9 Å². The highest BCUT2D eigenvalue weighted by Gasteiger charge is 2.26. The highest BCUT2D eigenvalue weighted by molar-refractivity contribution is 5.97. The minimum atomic E-state index is -0.111. The molecule has 0 saturated heterocycles. The Kier molecular flexibility index (Phi) is 4.42. The molecule has 1 fully saturated rings. The third-order valence-corrected chi connectivity index (χ3v) is 5.12. The van der Waals surface area contributed by atoms with Gasteiger partial charge >= 0.3 is 0 Å². The molecule has 0 bridgehead atoms. The number of fused-ring (bicyclic) bond motifs is 1. The minimum absolute atomic E-state index is 0.111. The lowest BCUT2D eigenvalue weighted by molar-refractivity contribution is 0.0963. The fourth-order valence-corrected chi connectivity index (χ4v) is 3.87. The molecule has 26 heavy (non-hydrogen) atoms. The Balaban J connectivity index is 1.89. The average molecular weight is 349 g/mol. The van der Waals surface area contributed by atoms with E-state index >= 15 is 0 Å². The van der Waals surface area contributed by atoms with Crippen molar-refractivity contribution in [1.82, 2.24) is 19.9 Å². The van der Waals surface area contributed by atoms with E-state index < -0.39 is 0 Å². The fraction of sp³-hybridized carbons (Fsp3) is 0.350. The number of carbonyl (C=O) groups excluding carboxylic acids is 1. The second kappa shape index (κ2) is 6.88. The molecule has 1 aromatic carbocycles. The number of hydrogen-bond donors (Lipinski definition) is 2. The maximum atomic E-state index is 12.0. The molecule has 2 aromatic heterocycles. The first-order valence-corrected chi connectivity index (χ1v) is 9.08. The van der Waals surface area contributed by atoms with E-state index in [2.05, 4.69) is 14.9 Å². The standard InChI is InChI=1S/C20H23N5O/c1-22-20(26)13-8-9-18-17(11-13)24-19(16-7-2-3-10-23-16)25(18)15-6-4-5-14(21)12-15/h2-3,7-11,14-15H,4-6,12,21H2,1H3,(H,22,26)/t14-,15+/m1/s1. The van der Waals surface area contributed by atoms with E-state index in [0.717, 1.165) is 48.2 Å². The van der Waals surface area contributed by atoms with Gasteiger partial charge in [0.2, 0.25) is 0 Å². The van der Waals surface area contributed by atoms with E-state index in [1.807, 2.05) is 36.4 Å². The van der Waals surface area contributed by atoms with Gasteiger partial charge in [0.15, 0.2) is 5.82 Å². The summed E-state index contributed by atoms with van der Waals surface area (Å²) in [5.74, 6) is 0.731. The number of aromatic nitrogens is 3. The van der Waals surface area contributed by atoms with Crippen molar-refractivity contribution in [1.29, 1.82) is 0 Å². The second-order valence-electron chi connectivity index (χ2n) is 6.88. The highest BCUT2D eigenvalue weighted by atomic mass is 16.1. The van der Waals surface area contributed by atoms with Crippen molar-refractivity contribution in [2.24, 2.45) is 5.73 Å². The molecular formula is C20H23N5O. The molecule has 134 valence electrons. The summed E-state index contributed by atoms with van der Waals surface area (Å²) in [6, 6.07) is 12.0. The summed E-state index contributed by atoms with van der Waals surface area (Å²) in [5.41, 5.74) is 9.53. The average Bonchev–Trinajstić information content (AvgIpc) is 3.06. The predicted molar refractivity (Wildman–Crippen MR) is 102 cm³/mol. The Morgan fingerprint density at radius 3 is 2.88 bits per heavy atom. The van der Waals surface area contributed by atoms with Gasteiger partial charge in [0.1, 0.15) is 5.69 Å². The number of benzene rings is 1. The van der Waals surface area contributed by atoms with Crippen LogP contribution in [0.3, 0.4) is 0 Å². The van der Waals surface area contributed by atoms with Crippen molar-refractivity contribution >= 4 is 16.9 Å². The number of nitrogens with two attached hydrogens (primary N) is 1. The normalized spacial score (nSPS) is 20.2. The van der Waals surface area contributed by atoms with Gasteiger partial charge < -0.3 is 15.6 Å². The lowest BCUT2D eigenvalue weighted by Gasteiger charge is -2.29. The topological polar surface area (TPSA) is 85.8 Å². The maximum absolute atomic E-state index is 12.0. The van der Waals surface area contributed by atoms with E-state index in [1.165, 1.54) is 0 Å². The largest absolute Gasteiger partial charge is 0.355 e. The Labute approximate surface area is 152 Å². The van der Waals surface area contributed by atoms with Crippen LogP contribution in [0.1, 0.15) is 42.1 Å². The summed E-state index contributed by atoms with van der Waals surface area (Å²) < 4.78 is 2.27. The van der Waals surface area contributed by atoms with Crippen LogP contribution in [0.2, 0.25) is 0 Å². The Morgan fingerprint density at radius 2 is 2.15 bits per heavy atom. The van der Waals surface area contributed by atoms with Crippen molar-refractivity contribution in [3.8, 4) is 11.5 Å². The van der Waals surface area contributed by atoms with Crippen LogP contribution < -0.4 is 11.1 Å². The lowest BCUT2D eigenvalue weighted by atomic mass is 9.91. The Hall–Kier alpha value is -2.73. The second-order valence-corrected chi connectivity index (χ2v) is 6.88. The first kappa shape index (κ1) is 16.7. The number of nitrogens with zero attached hydrogens (tertiary/aromatic N) is 3. The molecule has 0 unspecified atom stereocenters. The summed E-state index contributed by atoms with van der Waals surface area (Å²) >= 11 is 0. The van der Waals surface area contributed by atoms with Gasteiger partial charge in [-0.05, 0) is 56.0 Å². The van der Waals surface area contributed by atoms with Crippen LogP contribution in [-0.2, 0) is 0 Å².